The Bertz CT molecular complexity index is 1750. The molecule has 0 amide bonds. The van der Waals surface area contributed by atoms with Crippen molar-refractivity contribution in [2.75, 3.05) is 0 Å². The minimum Gasteiger partial charge on any atom is -0.512 e. The van der Waals surface area contributed by atoms with Crippen LogP contribution in [0.2, 0.25) is 0 Å². The average Bonchev–Trinajstić information content (AvgIpc) is 3.50. The number of benzene rings is 2. The number of carbonyl (C=O) groups excluding carboxylic acids is 1. The van der Waals surface area contributed by atoms with Crippen LogP contribution in [0.1, 0.15) is 79.7 Å². The second-order valence-corrected chi connectivity index (χ2v) is 13.2. The number of hydrogen-bond donors (Lipinski definition) is 1. The first kappa shape index (κ1) is 36.2. The van der Waals surface area contributed by atoms with Crippen molar-refractivity contribution in [1.82, 2.24) is 15.0 Å². The second-order valence-electron chi connectivity index (χ2n) is 12.2. The van der Waals surface area contributed by atoms with E-state index in [1.807, 2.05) is 40.0 Å². The van der Waals surface area contributed by atoms with Gasteiger partial charge in [-0.3, -0.25) is 14.8 Å². The molecule has 2 aromatic carbocycles. The van der Waals surface area contributed by atoms with E-state index in [4.69, 9.17) is 0 Å². The molecule has 0 aliphatic rings. The number of fused-ring (bicyclic) bond motifs is 2. The van der Waals surface area contributed by atoms with Crippen LogP contribution in [-0.4, -0.2) is 25.8 Å². The summed E-state index contributed by atoms with van der Waals surface area (Å²) < 4.78 is 1.18. The largest absolute Gasteiger partial charge is 0.512 e. The van der Waals surface area contributed by atoms with Gasteiger partial charge in [0.05, 0.1) is 21.8 Å². The van der Waals surface area contributed by atoms with Crippen molar-refractivity contribution >= 4 is 38.0 Å². The maximum Gasteiger partial charge on any atom is 0.162 e. The number of pyridine rings is 1. The number of aliphatic hydroxyl groups is 1. The summed E-state index contributed by atoms with van der Waals surface area (Å²) in [7, 11) is 0. The number of allylic oxidation sites excluding steroid dienone is 2. The molecule has 5 rings (SSSR count). The van der Waals surface area contributed by atoms with Crippen LogP contribution in [0.15, 0.2) is 78.3 Å². The first-order valence-electron chi connectivity index (χ1n) is 15.6. The van der Waals surface area contributed by atoms with Gasteiger partial charge in [-0.2, -0.15) is 0 Å². The van der Waals surface area contributed by atoms with Crippen LogP contribution < -0.4 is 0 Å². The molecule has 5 nitrogen and oxygen atoms in total. The topological polar surface area (TPSA) is 76.0 Å². The summed E-state index contributed by atoms with van der Waals surface area (Å²) in [6, 6.07) is 20.4. The molecule has 3 aromatic heterocycles. The molecule has 0 fully saturated rings. The van der Waals surface area contributed by atoms with Gasteiger partial charge in [0.1, 0.15) is 6.33 Å². The Balaban J connectivity index is 0.000000297. The normalized spacial score (nSPS) is 11.9. The molecule has 3 heterocycles. The van der Waals surface area contributed by atoms with Gasteiger partial charge in [-0.05, 0) is 60.1 Å². The summed E-state index contributed by atoms with van der Waals surface area (Å²) in [6.07, 6.45) is 8.43. The molecule has 5 aromatic rings. The Morgan fingerprint density at radius 3 is 2.20 bits per heavy atom. The van der Waals surface area contributed by atoms with E-state index in [0.29, 0.717) is 0 Å². The van der Waals surface area contributed by atoms with Crippen LogP contribution >= 0.6 is 11.3 Å². The molecular formula is C38H44IrN3O2S-. The first-order chi connectivity index (χ1) is 21.1. The molecule has 239 valence electrons. The number of ketones is 1. The van der Waals surface area contributed by atoms with Crippen molar-refractivity contribution in [3.05, 3.63) is 89.9 Å². The number of rotatable bonds is 9. The van der Waals surface area contributed by atoms with Gasteiger partial charge in [-0.15, -0.1) is 40.5 Å². The summed E-state index contributed by atoms with van der Waals surface area (Å²) in [5.41, 5.74) is 4.83. The molecule has 0 aliphatic carbocycles. The number of hydrogen-bond acceptors (Lipinski definition) is 6. The fourth-order valence-electron chi connectivity index (χ4n) is 5.42. The Morgan fingerprint density at radius 1 is 0.889 bits per heavy atom. The summed E-state index contributed by atoms with van der Waals surface area (Å²) in [5.74, 6) is 0.547. The maximum absolute atomic E-state index is 11.7. The molecule has 0 bridgehead atoms. The van der Waals surface area contributed by atoms with Crippen LogP contribution in [0.3, 0.4) is 0 Å². The van der Waals surface area contributed by atoms with Gasteiger partial charge in [0.2, 0.25) is 0 Å². The molecule has 0 saturated carbocycles. The quantitative estimate of drug-likeness (QED) is 0.0913. The zero-order valence-electron chi connectivity index (χ0n) is 27.4. The SMILES string of the molecule is CC(C)(C)c1cc(-c2cc(-c3cc4ccsc4cn3)ncn2)[c-]c2ccccc12.CCC(CC)C(=O)/C=C(\O)C(CC)CC.[Ir]. The zero-order valence-corrected chi connectivity index (χ0v) is 30.6. The van der Waals surface area contributed by atoms with Gasteiger partial charge in [-0.1, -0.05) is 77.6 Å². The molecule has 45 heavy (non-hydrogen) atoms. The molecule has 0 spiro atoms. The number of aromatic nitrogens is 3. The summed E-state index contributed by atoms with van der Waals surface area (Å²) in [6.45, 7) is 14.8. The van der Waals surface area contributed by atoms with E-state index in [1.165, 1.54) is 27.1 Å². The van der Waals surface area contributed by atoms with Crippen LogP contribution in [0.25, 0.3) is 43.5 Å². The van der Waals surface area contributed by atoms with Gasteiger partial charge in [0.25, 0.3) is 0 Å². The number of thiophene rings is 1. The van der Waals surface area contributed by atoms with Gasteiger partial charge in [0.15, 0.2) is 5.78 Å². The van der Waals surface area contributed by atoms with Crippen LogP contribution in [0, 0.1) is 17.9 Å². The van der Waals surface area contributed by atoms with E-state index in [9.17, 15) is 9.90 Å². The predicted molar refractivity (Wildman–Crippen MR) is 185 cm³/mol. The third kappa shape index (κ3) is 8.94. The second kappa shape index (κ2) is 16.4. The van der Waals surface area contributed by atoms with Gasteiger partial charge in [0, 0.05) is 49.9 Å². The minimum absolute atomic E-state index is 0. The fourth-order valence-corrected chi connectivity index (χ4v) is 6.16. The average molecular weight is 799 g/mol. The van der Waals surface area contributed by atoms with E-state index >= 15 is 0 Å². The molecule has 0 aliphatic heterocycles. The van der Waals surface area contributed by atoms with Gasteiger partial charge < -0.3 is 5.11 Å². The molecule has 1 radical (unpaired) electrons. The molecule has 7 heteroatoms. The third-order valence-corrected chi connectivity index (χ3v) is 9.08. The van der Waals surface area contributed by atoms with Gasteiger partial charge in [-0.25, -0.2) is 4.98 Å². The summed E-state index contributed by atoms with van der Waals surface area (Å²) in [5, 5.41) is 15.4. The molecule has 0 saturated heterocycles. The van der Waals surface area contributed by atoms with Crippen molar-refractivity contribution in [3.8, 4) is 22.6 Å². The zero-order chi connectivity index (χ0) is 31.9. The Hall–Kier alpha value is -3.25. The fraction of sp³-hybridized carbons (Fsp3) is 0.368. The molecular weight excluding hydrogens is 755 g/mol. The standard InChI is InChI=1S/C25H20N3S.C13H24O2.Ir/c1-25(2,3)20-11-18(10-16-6-4-5-7-19(16)20)21-13-23(28-15-27-21)22-12-17-8-9-29-24(17)14-26-22;1-5-10(6-2)12(14)9-13(15)11(7-3)8-4;/h4-9,11-15H,1-3H3;9-11,14H,5-8H2,1-4H3;/q-1;;/b;12-9-;. The van der Waals surface area contributed by atoms with Crippen LogP contribution in [-0.2, 0) is 30.3 Å². The maximum atomic E-state index is 11.7. The molecule has 0 unspecified atom stereocenters. The monoisotopic (exact) mass is 799 g/mol. The Morgan fingerprint density at radius 2 is 1.53 bits per heavy atom. The summed E-state index contributed by atoms with van der Waals surface area (Å²) >= 11 is 1.70. The predicted octanol–water partition coefficient (Wildman–Crippen LogP) is 10.5. The van der Waals surface area contributed by atoms with Gasteiger partial charge >= 0.3 is 0 Å². The smallest absolute Gasteiger partial charge is 0.162 e. The van der Waals surface area contributed by atoms with E-state index in [2.05, 4.69) is 89.6 Å². The third-order valence-electron chi connectivity index (χ3n) is 8.21. The minimum atomic E-state index is 0. The van der Waals surface area contributed by atoms with Crippen molar-refractivity contribution in [1.29, 1.82) is 0 Å². The number of carbonyl (C=O) groups is 1. The number of aliphatic hydroxyl groups excluding tert-OH is 1. The first-order valence-corrected chi connectivity index (χ1v) is 16.5. The number of nitrogens with zero attached hydrogens (tertiary/aromatic N) is 3. The molecule has 1 N–H and O–H groups in total. The Labute approximate surface area is 285 Å². The summed E-state index contributed by atoms with van der Waals surface area (Å²) in [4.78, 5) is 25.3. The van der Waals surface area contributed by atoms with Crippen molar-refractivity contribution in [2.24, 2.45) is 11.8 Å². The van der Waals surface area contributed by atoms with E-state index in [1.54, 1.807) is 17.7 Å². The van der Waals surface area contributed by atoms with Crippen LogP contribution in [0.4, 0.5) is 0 Å². The van der Waals surface area contributed by atoms with Crippen LogP contribution in [0.5, 0.6) is 0 Å². The van der Waals surface area contributed by atoms with E-state index in [-0.39, 0.29) is 48.9 Å². The van der Waals surface area contributed by atoms with E-state index < -0.39 is 0 Å². The van der Waals surface area contributed by atoms with Crippen molar-refractivity contribution < 1.29 is 30.0 Å². The van der Waals surface area contributed by atoms with E-state index in [0.717, 1.165) is 53.7 Å². The molecule has 0 atom stereocenters. The van der Waals surface area contributed by atoms with Crippen molar-refractivity contribution in [3.63, 3.8) is 0 Å². The Kier molecular flexibility index (Phi) is 13.2. The van der Waals surface area contributed by atoms with Crippen molar-refractivity contribution in [2.45, 2.75) is 79.6 Å².